The molecule has 0 bridgehead atoms. The Morgan fingerprint density at radius 1 is 1.30 bits per heavy atom. The van der Waals surface area contributed by atoms with Crippen LogP contribution in [0.3, 0.4) is 0 Å². The zero-order chi connectivity index (χ0) is 16.4. The Morgan fingerprint density at radius 2 is 2.09 bits per heavy atom. The van der Waals surface area contributed by atoms with Gasteiger partial charge in [-0.15, -0.1) is 10.2 Å². The number of urea groups is 1. The molecular formula is C15H20N6O2. The molecule has 122 valence electrons. The molecule has 0 fully saturated rings. The Kier molecular flexibility index (Phi) is 4.14. The van der Waals surface area contributed by atoms with Crippen molar-refractivity contribution in [3.63, 3.8) is 0 Å². The van der Waals surface area contributed by atoms with Crippen LogP contribution in [0.15, 0.2) is 10.9 Å². The van der Waals surface area contributed by atoms with Gasteiger partial charge in [0.2, 0.25) is 0 Å². The van der Waals surface area contributed by atoms with Crippen LogP contribution in [-0.4, -0.2) is 25.8 Å². The second-order valence-corrected chi connectivity index (χ2v) is 5.77. The molecule has 0 spiro atoms. The molecule has 0 unspecified atom stereocenters. The van der Waals surface area contributed by atoms with Gasteiger partial charge in [-0.2, -0.15) is 0 Å². The van der Waals surface area contributed by atoms with Gasteiger partial charge in [-0.1, -0.05) is 0 Å². The molecule has 2 aromatic heterocycles. The van der Waals surface area contributed by atoms with Gasteiger partial charge in [0, 0.05) is 24.2 Å². The van der Waals surface area contributed by atoms with Crippen LogP contribution in [0.25, 0.3) is 0 Å². The number of H-pyrrole nitrogens is 1. The fourth-order valence-electron chi connectivity index (χ4n) is 2.83. The molecule has 3 N–H and O–H groups in total. The topological polar surface area (TPSA) is 105 Å². The quantitative estimate of drug-likeness (QED) is 0.765. The fraction of sp³-hybridized carbons (Fsp3) is 0.467. The summed E-state index contributed by atoms with van der Waals surface area (Å²) in [7, 11) is 0. The number of amides is 2. The van der Waals surface area contributed by atoms with E-state index >= 15 is 0 Å². The summed E-state index contributed by atoms with van der Waals surface area (Å²) in [5.74, 6) is 1.74. The van der Waals surface area contributed by atoms with Crippen LogP contribution in [0.1, 0.15) is 34.9 Å². The van der Waals surface area contributed by atoms with Gasteiger partial charge in [0.05, 0.1) is 13.1 Å². The van der Waals surface area contributed by atoms with Crippen molar-refractivity contribution in [3.8, 4) is 0 Å². The maximum absolute atomic E-state index is 11.9. The van der Waals surface area contributed by atoms with E-state index < -0.39 is 0 Å². The highest BCUT2D eigenvalue weighted by atomic mass is 16.2. The number of nitrogens with one attached hydrogen (secondary N) is 3. The predicted octanol–water partition coefficient (Wildman–Crippen LogP) is 0.529. The van der Waals surface area contributed by atoms with E-state index in [-0.39, 0.29) is 18.1 Å². The molecule has 2 aromatic rings. The third-order valence-corrected chi connectivity index (χ3v) is 4.01. The summed E-state index contributed by atoms with van der Waals surface area (Å²) in [4.78, 5) is 26.5. The van der Waals surface area contributed by atoms with Crippen LogP contribution in [0.2, 0.25) is 0 Å². The van der Waals surface area contributed by atoms with E-state index in [1.54, 1.807) is 0 Å². The fourth-order valence-corrected chi connectivity index (χ4v) is 2.83. The summed E-state index contributed by atoms with van der Waals surface area (Å²) in [6, 6.07) is 1.55. The van der Waals surface area contributed by atoms with Crippen molar-refractivity contribution in [3.05, 3.63) is 44.9 Å². The van der Waals surface area contributed by atoms with E-state index in [9.17, 15) is 9.59 Å². The number of aryl methyl sites for hydroxylation is 3. The standard InChI is InChI=1S/C15H20N6O2/c1-9-6-10(2)18-14(22)11(9)7-16-15(23)17-8-13-20-19-12-4-3-5-21(12)13/h6H,3-5,7-8H2,1-2H3,(H,18,22)(H2,16,17,23). The molecule has 0 atom stereocenters. The lowest BCUT2D eigenvalue weighted by molar-refractivity contribution is 0.239. The summed E-state index contributed by atoms with van der Waals surface area (Å²) < 4.78 is 2.04. The number of fused-ring (bicyclic) bond motifs is 1. The number of carbonyl (C=O) groups is 1. The summed E-state index contributed by atoms with van der Waals surface area (Å²) in [6.45, 7) is 5.10. The SMILES string of the molecule is Cc1cc(C)c(CNC(=O)NCc2nnc3n2CCC3)c(=O)[nH]1. The summed E-state index contributed by atoms with van der Waals surface area (Å²) >= 11 is 0. The van der Waals surface area contributed by atoms with Crippen molar-refractivity contribution in [1.29, 1.82) is 0 Å². The molecule has 8 heteroatoms. The lowest BCUT2D eigenvalue weighted by atomic mass is 10.1. The Hall–Kier alpha value is -2.64. The maximum atomic E-state index is 11.9. The van der Waals surface area contributed by atoms with Crippen molar-refractivity contribution < 1.29 is 4.79 Å². The van der Waals surface area contributed by atoms with E-state index in [1.807, 2.05) is 24.5 Å². The lowest BCUT2D eigenvalue weighted by Crippen LogP contribution is -2.36. The molecule has 0 radical (unpaired) electrons. The molecule has 0 aliphatic carbocycles. The Labute approximate surface area is 133 Å². The third-order valence-electron chi connectivity index (χ3n) is 4.01. The molecule has 1 aliphatic rings. The molecule has 23 heavy (non-hydrogen) atoms. The second kappa shape index (κ2) is 6.23. The van der Waals surface area contributed by atoms with Crippen molar-refractivity contribution in [1.82, 2.24) is 30.4 Å². The Balaban J connectivity index is 1.55. The molecular weight excluding hydrogens is 296 g/mol. The smallest absolute Gasteiger partial charge is 0.315 e. The molecule has 0 aromatic carbocycles. The van der Waals surface area contributed by atoms with Crippen LogP contribution < -0.4 is 16.2 Å². The van der Waals surface area contributed by atoms with Gasteiger partial charge in [-0.3, -0.25) is 4.79 Å². The van der Waals surface area contributed by atoms with Gasteiger partial charge in [-0.05, 0) is 31.9 Å². The summed E-state index contributed by atoms with van der Waals surface area (Å²) in [5, 5.41) is 13.6. The summed E-state index contributed by atoms with van der Waals surface area (Å²) in [6.07, 6.45) is 2.01. The van der Waals surface area contributed by atoms with Crippen LogP contribution in [0, 0.1) is 13.8 Å². The number of nitrogens with zero attached hydrogens (tertiary/aromatic N) is 3. The van der Waals surface area contributed by atoms with Gasteiger partial charge in [0.15, 0.2) is 5.82 Å². The number of aromatic nitrogens is 4. The van der Waals surface area contributed by atoms with E-state index in [4.69, 9.17) is 0 Å². The molecule has 3 heterocycles. The van der Waals surface area contributed by atoms with Crippen molar-refractivity contribution in [2.24, 2.45) is 0 Å². The molecule has 2 amide bonds. The van der Waals surface area contributed by atoms with Crippen molar-refractivity contribution in [2.45, 2.75) is 46.3 Å². The first kappa shape index (κ1) is 15.3. The highest BCUT2D eigenvalue weighted by molar-refractivity contribution is 5.73. The van der Waals surface area contributed by atoms with Crippen molar-refractivity contribution in [2.75, 3.05) is 0 Å². The van der Waals surface area contributed by atoms with Gasteiger partial charge < -0.3 is 20.2 Å². The van der Waals surface area contributed by atoms with E-state index in [0.29, 0.717) is 12.1 Å². The van der Waals surface area contributed by atoms with Crippen LogP contribution >= 0.6 is 0 Å². The van der Waals surface area contributed by atoms with Crippen molar-refractivity contribution >= 4 is 6.03 Å². The number of hydrogen-bond acceptors (Lipinski definition) is 4. The van der Waals surface area contributed by atoms with Gasteiger partial charge >= 0.3 is 6.03 Å². The van der Waals surface area contributed by atoms with Gasteiger partial charge in [0.1, 0.15) is 5.82 Å². The normalized spacial score (nSPS) is 13.0. The first-order valence-electron chi connectivity index (χ1n) is 7.66. The molecule has 0 saturated carbocycles. The molecule has 8 nitrogen and oxygen atoms in total. The van der Waals surface area contributed by atoms with Crippen LogP contribution in [0.5, 0.6) is 0 Å². The first-order chi connectivity index (χ1) is 11.0. The minimum atomic E-state index is -0.334. The third kappa shape index (κ3) is 3.25. The molecule has 0 saturated heterocycles. The highest BCUT2D eigenvalue weighted by Crippen LogP contribution is 2.13. The Morgan fingerprint density at radius 3 is 2.87 bits per heavy atom. The average molecular weight is 316 g/mol. The van der Waals surface area contributed by atoms with Crippen LogP contribution in [0.4, 0.5) is 4.79 Å². The van der Waals surface area contributed by atoms with E-state index in [2.05, 4.69) is 25.8 Å². The van der Waals surface area contributed by atoms with Gasteiger partial charge in [0.25, 0.3) is 5.56 Å². The van der Waals surface area contributed by atoms with Gasteiger partial charge in [-0.25, -0.2) is 4.79 Å². The van der Waals surface area contributed by atoms with E-state index in [1.165, 1.54) is 0 Å². The number of rotatable bonds is 4. The summed E-state index contributed by atoms with van der Waals surface area (Å²) in [5.41, 5.74) is 2.07. The maximum Gasteiger partial charge on any atom is 0.315 e. The highest BCUT2D eigenvalue weighted by Gasteiger charge is 2.17. The minimum Gasteiger partial charge on any atom is -0.334 e. The first-order valence-corrected chi connectivity index (χ1v) is 7.66. The van der Waals surface area contributed by atoms with E-state index in [0.717, 1.165) is 42.3 Å². The zero-order valence-corrected chi connectivity index (χ0v) is 13.3. The largest absolute Gasteiger partial charge is 0.334 e. The number of carbonyl (C=O) groups excluding carboxylic acids is 1. The number of aromatic amines is 1. The zero-order valence-electron chi connectivity index (χ0n) is 13.3. The average Bonchev–Trinajstić information content (AvgIpc) is 3.07. The predicted molar refractivity (Wildman–Crippen MR) is 84.0 cm³/mol. The second-order valence-electron chi connectivity index (χ2n) is 5.77. The van der Waals surface area contributed by atoms with Crippen LogP contribution in [-0.2, 0) is 26.1 Å². The Bertz CT molecular complexity index is 792. The number of pyridine rings is 1. The lowest BCUT2D eigenvalue weighted by Gasteiger charge is -2.09. The minimum absolute atomic E-state index is 0.168. The number of hydrogen-bond donors (Lipinski definition) is 3. The monoisotopic (exact) mass is 316 g/mol. The molecule has 3 rings (SSSR count). The molecule has 1 aliphatic heterocycles.